The third-order valence-corrected chi connectivity index (χ3v) is 3.16. The number of rotatable bonds is 7. The number of nitrogens with one attached hydrogen (secondary N) is 1. The molecule has 0 saturated carbocycles. The van der Waals surface area contributed by atoms with Crippen molar-refractivity contribution in [3.63, 3.8) is 0 Å². The SMILES string of the molecule is COCc1nc(CNC(=O)C(c2ccccc2F)N(C)C)no1. The summed E-state index contributed by atoms with van der Waals surface area (Å²) in [5.74, 6) is -0.118. The quantitative estimate of drug-likeness (QED) is 0.827. The predicted octanol–water partition coefficient (Wildman–Crippen LogP) is 1.27. The van der Waals surface area contributed by atoms with Crippen LogP contribution < -0.4 is 5.32 Å². The molecule has 2 rings (SSSR count). The molecule has 2 aromatic rings. The van der Waals surface area contributed by atoms with Gasteiger partial charge in [0.2, 0.25) is 5.91 Å². The van der Waals surface area contributed by atoms with E-state index < -0.39 is 11.9 Å². The van der Waals surface area contributed by atoms with Crippen LogP contribution in [0.3, 0.4) is 0 Å². The normalized spacial score (nSPS) is 12.4. The Morgan fingerprint density at radius 2 is 2.17 bits per heavy atom. The zero-order valence-electron chi connectivity index (χ0n) is 13.2. The molecule has 1 aromatic carbocycles. The van der Waals surface area contributed by atoms with Crippen molar-refractivity contribution >= 4 is 5.91 Å². The highest BCUT2D eigenvalue weighted by atomic mass is 19.1. The van der Waals surface area contributed by atoms with Gasteiger partial charge in [-0.25, -0.2) is 4.39 Å². The monoisotopic (exact) mass is 322 g/mol. The number of carbonyl (C=O) groups is 1. The maximum absolute atomic E-state index is 14.0. The van der Waals surface area contributed by atoms with Crippen LogP contribution in [0.4, 0.5) is 4.39 Å². The number of halogens is 1. The minimum Gasteiger partial charge on any atom is -0.375 e. The number of hydrogen-bond acceptors (Lipinski definition) is 6. The van der Waals surface area contributed by atoms with Crippen LogP contribution in [0.1, 0.15) is 23.3 Å². The van der Waals surface area contributed by atoms with Crippen molar-refractivity contribution < 1.29 is 18.4 Å². The summed E-state index contributed by atoms with van der Waals surface area (Å²) < 4.78 is 23.8. The van der Waals surface area contributed by atoms with E-state index in [-0.39, 0.29) is 19.1 Å². The van der Waals surface area contributed by atoms with Crippen LogP contribution in [0.25, 0.3) is 0 Å². The van der Waals surface area contributed by atoms with E-state index in [0.29, 0.717) is 17.3 Å². The molecule has 1 amide bonds. The smallest absolute Gasteiger partial charge is 0.252 e. The van der Waals surface area contributed by atoms with Gasteiger partial charge < -0.3 is 14.6 Å². The highest BCUT2D eigenvalue weighted by Gasteiger charge is 2.25. The topological polar surface area (TPSA) is 80.5 Å². The molecule has 0 saturated heterocycles. The number of hydrogen-bond donors (Lipinski definition) is 1. The van der Waals surface area contributed by atoms with Crippen molar-refractivity contribution in [1.29, 1.82) is 0 Å². The minimum atomic E-state index is -0.749. The highest BCUT2D eigenvalue weighted by molar-refractivity contribution is 5.83. The second-order valence-corrected chi connectivity index (χ2v) is 5.14. The number of ether oxygens (including phenoxy) is 1. The molecule has 0 aliphatic rings. The Kier molecular flexibility index (Phi) is 5.78. The summed E-state index contributed by atoms with van der Waals surface area (Å²) in [5.41, 5.74) is 0.309. The fourth-order valence-electron chi connectivity index (χ4n) is 2.16. The molecule has 8 heteroatoms. The van der Waals surface area contributed by atoms with Gasteiger partial charge in [0, 0.05) is 12.7 Å². The standard InChI is InChI=1S/C15H19FN4O3/c1-20(2)14(10-6-4-5-7-11(10)16)15(21)17-8-12-18-13(9-22-3)23-19-12/h4-7,14H,8-9H2,1-3H3,(H,17,21). The molecular formula is C15H19FN4O3. The summed E-state index contributed by atoms with van der Waals surface area (Å²) in [6.07, 6.45) is 0. The van der Waals surface area contributed by atoms with Gasteiger partial charge >= 0.3 is 0 Å². The molecule has 1 aromatic heterocycles. The van der Waals surface area contributed by atoms with Crippen LogP contribution >= 0.6 is 0 Å². The number of carbonyl (C=O) groups excluding carboxylic acids is 1. The summed E-state index contributed by atoms with van der Waals surface area (Å²) in [6, 6.07) is 5.44. The summed E-state index contributed by atoms with van der Waals surface area (Å²) >= 11 is 0. The average Bonchev–Trinajstić information content (AvgIpc) is 2.95. The maximum Gasteiger partial charge on any atom is 0.252 e. The van der Waals surface area contributed by atoms with Gasteiger partial charge in [-0.2, -0.15) is 4.98 Å². The van der Waals surface area contributed by atoms with Crippen LogP contribution in [-0.2, 0) is 22.7 Å². The second-order valence-electron chi connectivity index (χ2n) is 5.14. The molecule has 0 radical (unpaired) electrons. The first-order chi connectivity index (χ1) is 11.0. The molecule has 1 heterocycles. The van der Waals surface area contributed by atoms with Crippen molar-refractivity contribution in [2.75, 3.05) is 21.2 Å². The second kappa shape index (κ2) is 7.80. The van der Waals surface area contributed by atoms with Gasteiger partial charge in [0.05, 0.1) is 6.54 Å². The number of methoxy groups -OCH3 is 1. The first-order valence-corrected chi connectivity index (χ1v) is 7.02. The number of likely N-dealkylation sites (N-methyl/N-ethyl adjacent to an activating group) is 1. The summed E-state index contributed by atoms with van der Waals surface area (Å²) in [4.78, 5) is 18.1. The molecule has 7 nitrogen and oxygen atoms in total. The van der Waals surface area contributed by atoms with E-state index in [9.17, 15) is 9.18 Å². The van der Waals surface area contributed by atoms with Gasteiger partial charge in [-0.05, 0) is 20.2 Å². The van der Waals surface area contributed by atoms with Gasteiger partial charge in [-0.3, -0.25) is 9.69 Å². The molecule has 1 atom stereocenters. The van der Waals surface area contributed by atoms with Gasteiger partial charge in [0.25, 0.3) is 5.89 Å². The summed E-state index contributed by atoms with van der Waals surface area (Å²) in [6.45, 7) is 0.293. The van der Waals surface area contributed by atoms with E-state index in [1.54, 1.807) is 37.2 Å². The fraction of sp³-hybridized carbons (Fsp3) is 0.400. The van der Waals surface area contributed by atoms with Gasteiger partial charge in [-0.1, -0.05) is 23.4 Å². The lowest BCUT2D eigenvalue weighted by Crippen LogP contribution is -2.37. The number of amides is 1. The Hall–Kier alpha value is -2.32. The van der Waals surface area contributed by atoms with Crippen molar-refractivity contribution in [2.24, 2.45) is 0 Å². The average molecular weight is 322 g/mol. The van der Waals surface area contributed by atoms with Gasteiger partial charge in [-0.15, -0.1) is 0 Å². The summed E-state index contributed by atoms with van der Waals surface area (Å²) in [7, 11) is 4.94. The lowest BCUT2D eigenvalue weighted by Gasteiger charge is -2.23. The van der Waals surface area contributed by atoms with Gasteiger partial charge in [0.15, 0.2) is 5.82 Å². The third-order valence-electron chi connectivity index (χ3n) is 3.16. The van der Waals surface area contributed by atoms with Crippen molar-refractivity contribution in [3.8, 4) is 0 Å². The molecular weight excluding hydrogens is 303 g/mol. The van der Waals surface area contributed by atoms with Crippen LogP contribution in [-0.4, -0.2) is 42.2 Å². The number of benzene rings is 1. The maximum atomic E-state index is 14.0. The molecule has 0 fully saturated rings. The highest BCUT2D eigenvalue weighted by Crippen LogP contribution is 2.21. The van der Waals surface area contributed by atoms with E-state index in [1.807, 2.05) is 0 Å². The predicted molar refractivity (Wildman–Crippen MR) is 79.7 cm³/mol. The van der Waals surface area contributed by atoms with E-state index >= 15 is 0 Å². The Morgan fingerprint density at radius 1 is 1.43 bits per heavy atom. The van der Waals surface area contributed by atoms with Crippen LogP contribution in [0.2, 0.25) is 0 Å². The van der Waals surface area contributed by atoms with E-state index in [1.165, 1.54) is 13.2 Å². The van der Waals surface area contributed by atoms with Crippen molar-refractivity contribution in [2.45, 2.75) is 19.2 Å². The lowest BCUT2D eigenvalue weighted by atomic mass is 10.0. The molecule has 124 valence electrons. The Labute approximate surface area is 133 Å². The van der Waals surface area contributed by atoms with Crippen molar-refractivity contribution in [3.05, 3.63) is 47.4 Å². The minimum absolute atomic E-state index is 0.0881. The van der Waals surface area contributed by atoms with Crippen LogP contribution in [0.5, 0.6) is 0 Å². The molecule has 23 heavy (non-hydrogen) atoms. The first kappa shape index (κ1) is 17.0. The molecule has 0 spiro atoms. The van der Waals surface area contributed by atoms with E-state index in [0.717, 1.165) is 0 Å². The number of nitrogens with zero attached hydrogens (tertiary/aromatic N) is 3. The summed E-state index contributed by atoms with van der Waals surface area (Å²) in [5, 5.41) is 6.42. The van der Waals surface area contributed by atoms with Crippen LogP contribution in [0, 0.1) is 5.82 Å². The molecule has 1 N–H and O–H groups in total. The zero-order chi connectivity index (χ0) is 16.8. The van der Waals surface area contributed by atoms with Crippen molar-refractivity contribution in [1.82, 2.24) is 20.4 Å². The van der Waals surface area contributed by atoms with Crippen LogP contribution in [0.15, 0.2) is 28.8 Å². The Balaban J connectivity index is 2.05. The Bertz CT molecular complexity index is 660. The molecule has 0 bridgehead atoms. The third kappa shape index (κ3) is 4.33. The zero-order valence-corrected chi connectivity index (χ0v) is 13.2. The fourth-order valence-corrected chi connectivity index (χ4v) is 2.16. The molecule has 0 aliphatic carbocycles. The van der Waals surface area contributed by atoms with Gasteiger partial charge in [0.1, 0.15) is 18.5 Å². The van der Waals surface area contributed by atoms with E-state index in [2.05, 4.69) is 15.5 Å². The molecule has 1 unspecified atom stereocenters. The lowest BCUT2D eigenvalue weighted by molar-refractivity contribution is -0.126. The number of aromatic nitrogens is 2. The van der Waals surface area contributed by atoms with E-state index in [4.69, 9.17) is 9.26 Å². The molecule has 0 aliphatic heterocycles. The largest absolute Gasteiger partial charge is 0.375 e. The first-order valence-electron chi connectivity index (χ1n) is 7.02. The Morgan fingerprint density at radius 3 is 2.83 bits per heavy atom.